The molecule has 1 aliphatic heterocycles. The Labute approximate surface area is 154 Å². The number of para-hydroxylation sites is 1. The van der Waals surface area contributed by atoms with Crippen molar-refractivity contribution in [2.75, 3.05) is 12.4 Å². The number of ether oxygens (including phenoxy) is 2. The summed E-state index contributed by atoms with van der Waals surface area (Å²) < 4.78 is 9.92. The van der Waals surface area contributed by atoms with Gasteiger partial charge in [0, 0.05) is 4.90 Å². The molecule has 0 spiro atoms. The molecule has 0 radical (unpaired) electrons. The van der Waals surface area contributed by atoms with E-state index in [4.69, 9.17) is 4.74 Å². The van der Waals surface area contributed by atoms with Crippen molar-refractivity contribution in [2.45, 2.75) is 23.2 Å². The maximum Gasteiger partial charge on any atom is 0.337 e. The fourth-order valence-electron chi connectivity index (χ4n) is 2.51. The number of rotatable bonds is 5. The minimum atomic E-state index is -0.529. The van der Waals surface area contributed by atoms with Gasteiger partial charge in [0.2, 0.25) is 5.91 Å². The van der Waals surface area contributed by atoms with E-state index in [1.165, 1.54) is 18.9 Å². The van der Waals surface area contributed by atoms with Crippen molar-refractivity contribution in [2.24, 2.45) is 0 Å². The molecule has 1 N–H and O–H groups in total. The molecule has 0 saturated heterocycles. The van der Waals surface area contributed by atoms with Gasteiger partial charge in [0.15, 0.2) is 0 Å². The maximum absolute atomic E-state index is 12.1. The number of nitrogens with one attached hydrogen (secondary N) is 1. The highest BCUT2D eigenvalue weighted by molar-refractivity contribution is 8.01. The summed E-state index contributed by atoms with van der Waals surface area (Å²) in [4.78, 5) is 36.7. The molecule has 0 saturated carbocycles. The summed E-state index contributed by atoms with van der Waals surface area (Å²) in [7, 11) is 1.31. The van der Waals surface area contributed by atoms with E-state index in [-0.39, 0.29) is 18.9 Å². The Kier molecular flexibility index (Phi) is 5.58. The van der Waals surface area contributed by atoms with Gasteiger partial charge in [0.1, 0.15) is 6.61 Å². The summed E-state index contributed by atoms with van der Waals surface area (Å²) in [6, 6.07) is 14.1. The van der Waals surface area contributed by atoms with Crippen LogP contribution in [0.5, 0.6) is 0 Å². The van der Waals surface area contributed by atoms with Crippen LogP contribution < -0.4 is 5.32 Å². The highest BCUT2D eigenvalue weighted by Crippen LogP contribution is 2.36. The first kappa shape index (κ1) is 18.0. The number of benzene rings is 2. The highest BCUT2D eigenvalue weighted by atomic mass is 32.2. The Morgan fingerprint density at radius 1 is 1.15 bits per heavy atom. The lowest BCUT2D eigenvalue weighted by atomic mass is 10.1. The summed E-state index contributed by atoms with van der Waals surface area (Å²) in [6.07, 6.45) is -0.0263. The van der Waals surface area contributed by atoms with Gasteiger partial charge < -0.3 is 14.8 Å². The van der Waals surface area contributed by atoms with Gasteiger partial charge in [-0.15, -0.1) is 11.8 Å². The molecule has 1 amide bonds. The summed E-state index contributed by atoms with van der Waals surface area (Å²) in [5, 5.41) is 2.27. The van der Waals surface area contributed by atoms with Crippen LogP contribution >= 0.6 is 11.8 Å². The normalized spacial score (nSPS) is 15.6. The number of carbonyl (C=O) groups excluding carboxylic acids is 3. The van der Waals surface area contributed by atoms with Gasteiger partial charge in [-0.25, -0.2) is 4.79 Å². The largest absolute Gasteiger partial charge is 0.465 e. The van der Waals surface area contributed by atoms with Crippen molar-refractivity contribution < 1.29 is 23.9 Å². The van der Waals surface area contributed by atoms with E-state index in [1.54, 1.807) is 24.3 Å². The van der Waals surface area contributed by atoms with Crippen molar-refractivity contribution in [3.63, 3.8) is 0 Å². The summed E-state index contributed by atoms with van der Waals surface area (Å²) in [5.41, 5.74) is 1.82. The molecule has 0 fully saturated rings. The Bertz CT molecular complexity index is 851. The van der Waals surface area contributed by atoms with Crippen LogP contribution in [0.15, 0.2) is 53.4 Å². The van der Waals surface area contributed by atoms with Crippen molar-refractivity contribution in [3.05, 3.63) is 59.7 Å². The number of hydrogen-bond acceptors (Lipinski definition) is 6. The molecule has 0 bridgehead atoms. The van der Waals surface area contributed by atoms with Crippen LogP contribution in [0.25, 0.3) is 0 Å². The fourth-order valence-corrected chi connectivity index (χ4v) is 3.60. The zero-order chi connectivity index (χ0) is 18.5. The minimum absolute atomic E-state index is 0.0263. The molecule has 1 heterocycles. The van der Waals surface area contributed by atoms with Gasteiger partial charge in [0.25, 0.3) is 0 Å². The molecule has 7 heteroatoms. The van der Waals surface area contributed by atoms with E-state index in [0.717, 1.165) is 10.6 Å². The molecular weight excluding hydrogens is 354 g/mol. The van der Waals surface area contributed by atoms with E-state index in [1.807, 2.05) is 24.3 Å². The molecule has 2 aromatic carbocycles. The van der Waals surface area contributed by atoms with E-state index < -0.39 is 17.2 Å². The zero-order valence-electron chi connectivity index (χ0n) is 14.1. The van der Waals surface area contributed by atoms with Crippen LogP contribution in [0.4, 0.5) is 5.69 Å². The molecule has 0 unspecified atom stereocenters. The number of hydrogen-bond donors (Lipinski definition) is 1. The molecule has 1 aliphatic rings. The molecule has 0 aliphatic carbocycles. The predicted molar refractivity (Wildman–Crippen MR) is 96.9 cm³/mol. The number of esters is 2. The Morgan fingerprint density at radius 2 is 1.96 bits per heavy atom. The topological polar surface area (TPSA) is 81.7 Å². The summed E-state index contributed by atoms with van der Waals surface area (Å²) in [5.74, 6) is -1.13. The smallest absolute Gasteiger partial charge is 0.337 e. The van der Waals surface area contributed by atoms with Gasteiger partial charge in [-0.3, -0.25) is 9.59 Å². The van der Waals surface area contributed by atoms with Crippen molar-refractivity contribution in [3.8, 4) is 0 Å². The van der Waals surface area contributed by atoms with Gasteiger partial charge in [-0.1, -0.05) is 24.3 Å². The molecule has 26 heavy (non-hydrogen) atoms. The van der Waals surface area contributed by atoms with Crippen LogP contribution in [0.1, 0.15) is 22.3 Å². The zero-order valence-corrected chi connectivity index (χ0v) is 14.9. The summed E-state index contributed by atoms with van der Waals surface area (Å²) in [6.45, 7) is 0.0270. The molecule has 6 nitrogen and oxygen atoms in total. The van der Waals surface area contributed by atoms with Crippen LogP contribution in [0, 0.1) is 0 Å². The average Bonchev–Trinajstić information content (AvgIpc) is 2.66. The third kappa shape index (κ3) is 4.23. The lowest BCUT2D eigenvalue weighted by Crippen LogP contribution is -2.31. The first-order valence-corrected chi connectivity index (χ1v) is 8.84. The second-order valence-electron chi connectivity index (χ2n) is 5.65. The second-order valence-corrected chi connectivity index (χ2v) is 6.89. The third-order valence-electron chi connectivity index (χ3n) is 3.81. The molecule has 2 aromatic rings. The number of amides is 1. The minimum Gasteiger partial charge on any atom is -0.465 e. The Balaban J connectivity index is 1.56. The Hall–Kier alpha value is -2.80. The number of methoxy groups -OCH3 is 1. The van der Waals surface area contributed by atoms with E-state index in [9.17, 15) is 14.4 Å². The molecule has 1 atom stereocenters. The molecular formula is C19H17NO5S. The van der Waals surface area contributed by atoms with Gasteiger partial charge in [0.05, 0.1) is 30.0 Å². The SMILES string of the molecule is COC(=O)c1cccc(COC(=O)C[C@@H]2Sc3ccccc3NC2=O)c1. The standard InChI is InChI=1S/C19H17NO5S/c1-24-19(23)13-6-4-5-12(9-13)11-25-17(21)10-16-18(22)20-14-7-2-3-8-15(14)26-16/h2-9,16H,10-11H2,1H3,(H,20,22)/t16-/m0/s1. The van der Waals surface area contributed by atoms with Crippen molar-refractivity contribution in [1.29, 1.82) is 0 Å². The second kappa shape index (κ2) is 8.05. The van der Waals surface area contributed by atoms with Gasteiger partial charge >= 0.3 is 11.9 Å². The lowest BCUT2D eigenvalue weighted by molar-refractivity contribution is -0.145. The van der Waals surface area contributed by atoms with E-state index in [0.29, 0.717) is 11.1 Å². The number of fused-ring (bicyclic) bond motifs is 1. The summed E-state index contributed by atoms with van der Waals surface area (Å²) >= 11 is 1.35. The predicted octanol–water partition coefficient (Wildman–Crippen LogP) is 3.02. The fraction of sp³-hybridized carbons (Fsp3) is 0.211. The van der Waals surface area contributed by atoms with Crippen molar-refractivity contribution >= 4 is 35.3 Å². The molecule has 134 valence electrons. The van der Waals surface area contributed by atoms with E-state index >= 15 is 0 Å². The number of anilines is 1. The van der Waals surface area contributed by atoms with Gasteiger partial charge in [-0.05, 0) is 29.8 Å². The highest BCUT2D eigenvalue weighted by Gasteiger charge is 2.29. The van der Waals surface area contributed by atoms with Crippen LogP contribution in [0.3, 0.4) is 0 Å². The van der Waals surface area contributed by atoms with Gasteiger partial charge in [-0.2, -0.15) is 0 Å². The molecule has 3 rings (SSSR count). The number of thioether (sulfide) groups is 1. The third-order valence-corrected chi connectivity index (χ3v) is 5.08. The Morgan fingerprint density at radius 3 is 2.77 bits per heavy atom. The maximum atomic E-state index is 12.1. The van der Waals surface area contributed by atoms with E-state index in [2.05, 4.69) is 10.1 Å². The monoisotopic (exact) mass is 371 g/mol. The lowest BCUT2D eigenvalue weighted by Gasteiger charge is -2.23. The first-order valence-electron chi connectivity index (χ1n) is 7.96. The van der Waals surface area contributed by atoms with Crippen LogP contribution in [-0.4, -0.2) is 30.2 Å². The van der Waals surface area contributed by atoms with Crippen LogP contribution in [-0.2, 0) is 25.7 Å². The molecule has 0 aromatic heterocycles. The average molecular weight is 371 g/mol. The first-order chi connectivity index (χ1) is 12.6. The number of carbonyl (C=O) groups is 3. The van der Waals surface area contributed by atoms with Crippen LogP contribution in [0.2, 0.25) is 0 Å². The quantitative estimate of drug-likeness (QED) is 0.814. The van der Waals surface area contributed by atoms with Crippen molar-refractivity contribution in [1.82, 2.24) is 0 Å².